The lowest BCUT2D eigenvalue weighted by Crippen LogP contribution is -2.31. The van der Waals surface area contributed by atoms with Crippen molar-refractivity contribution >= 4 is 0 Å². The zero-order valence-electron chi connectivity index (χ0n) is 15.2. The van der Waals surface area contributed by atoms with Crippen LogP contribution >= 0.6 is 0 Å². The summed E-state index contributed by atoms with van der Waals surface area (Å²) in [6.07, 6.45) is 7.09. The number of fused-ring (bicyclic) bond motifs is 1. The first-order valence-electron chi connectivity index (χ1n) is 9.38. The molecule has 0 bridgehead atoms. The molecule has 1 aliphatic rings. The van der Waals surface area contributed by atoms with E-state index < -0.39 is 0 Å². The molecule has 4 rings (SSSR count). The molecule has 0 spiro atoms. The van der Waals surface area contributed by atoms with Crippen molar-refractivity contribution in [1.82, 2.24) is 19.9 Å². The number of pyridine rings is 1. The Hall–Kier alpha value is -2.59. The molecule has 0 fully saturated rings. The molecule has 2 aromatic heterocycles. The highest BCUT2D eigenvalue weighted by Crippen LogP contribution is 2.20. The molecule has 4 heteroatoms. The number of rotatable bonds is 5. The fourth-order valence-electron chi connectivity index (χ4n) is 3.45. The van der Waals surface area contributed by atoms with Gasteiger partial charge in [-0.3, -0.25) is 9.88 Å². The van der Waals surface area contributed by atoms with Gasteiger partial charge in [0, 0.05) is 61.7 Å². The van der Waals surface area contributed by atoms with E-state index in [9.17, 15) is 0 Å². The number of aryl methyl sites for hydroxylation is 1. The molecule has 0 atom stereocenters. The van der Waals surface area contributed by atoms with Gasteiger partial charge in [0.05, 0.1) is 5.69 Å². The summed E-state index contributed by atoms with van der Waals surface area (Å²) in [6, 6.07) is 14.6. The lowest BCUT2D eigenvalue weighted by atomic mass is 10.1. The van der Waals surface area contributed by atoms with E-state index in [1.165, 1.54) is 16.8 Å². The Morgan fingerprint density at radius 2 is 1.88 bits per heavy atom. The second-order valence-corrected chi connectivity index (χ2v) is 6.89. The highest BCUT2D eigenvalue weighted by molar-refractivity contribution is 5.58. The van der Waals surface area contributed by atoms with Crippen molar-refractivity contribution in [2.24, 2.45) is 0 Å². The van der Waals surface area contributed by atoms with Gasteiger partial charge in [0.1, 0.15) is 5.82 Å². The van der Waals surface area contributed by atoms with Crippen LogP contribution in [-0.4, -0.2) is 26.4 Å². The fourth-order valence-corrected chi connectivity index (χ4v) is 3.45. The topological polar surface area (TPSA) is 41.9 Å². The zero-order valence-corrected chi connectivity index (χ0v) is 15.2. The second-order valence-electron chi connectivity index (χ2n) is 6.89. The van der Waals surface area contributed by atoms with Crippen molar-refractivity contribution in [3.63, 3.8) is 0 Å². The monoisotopic (exact) mass is 344 g/mol. The Kier molecular flexibility index (Phi) is 5.02. The van der Waals surface area contributed by atoms with Crippen LogP contribution in [0.15, 0.2) is 54.9 Å². The maximum absolute atomic E-state index is 4.74. The molecule has 0 N–H and O–H groups in total. The van der Waals surface area contributed by atoms with E-state index >= 15 is 0 Å². The summed E-state index contributed by atoms with van der Waals surface area (Å²) in [5.41, 5.74) is 5.93. The van der Waals surface area contributed by atoms with Gasteiger partial charge in [-0.25, -0.2) is 9.97 Å². The van der Waals surface area contributed by atoms with Crippen LogP contribution in [0, 0.1) is 0 Å². The van der Waals surface area contributed by atoms with E-state index in [4.69, 9.17) is 4.98 Å². The highest BCUT2D eigenvalue weighted by atomic mass is 15.1. The maximum Gasteiger partial charge on any atom is 0.128 e. The Balaban J connectivity index is 1.42. The molecule has 132 valence electrons. The van der Waals surface area contributed by atoms with E-state index in [2.05, 4.69) is 46.1 Å². The normalized spacial score (nSPS) is 14.2. The van der Waals surface area contributed by atoms with Crippen LogP contribution in [0.2, 0.25) is 0 Å². The van der Waals surface area contributed by atoms with Gasteiger partial charge in [-0.2, -0.15) is 0 Å². The Morgan fingerprint density at radius 1 is 1.00 bits per heavy atom. The van der Waals surface area contributed by atoms with Crippen molar-refractivity contribution < 1.29 is 0 Å². The van der Waals surface area contributed by atoms with Crippen LogP contribution in [0.5, 0.6) is 0 Å². The third-order valence-electron chi connectivity index (χ3n) is 4.84. The van der Waals surface area contributed by atoms with Crippen LogP contribution in [0.25, 0.3) is 11.3 Å². The van der Waals surface area contributed by atoms with Gasteiger partial charge in [0.25, 0.3) is 0 Å². The van der Waals surface area contributed by atoms with Gasteiger partial charge in [-0.15, -0.1) is 0 Å². The molecule has 3 heterocycles. The largest absolute Gasteiger partial charge is 0.294 e. The van der Waals surface area contributed by atoms with Crippen LogP contribution < -0.4 is 0 Å². The molecule has 0 radical (unpaired) electrons. The summed E-state index contributed by atoms with van der Waals surface area (Å²) in [4.78, 5) is 16.3. The predicted octanol–water partition coefficient (Wildman–Crippen LogP) is 4.05. The number of hydrogen-bond donors (Lipinski definition) is 0. The molecular weight excluding hydrogens is 320 g/mol. The molecule has 3 aromatic rings. The average molecular weight is 344 g/mol. The molecule has 0 unspecified atom stereocenters. The van der Waals surface area contributed by atoms with Gasteiger partial charge in [0.15, 0.2) is 0 Å². The van der Waals surface area contributed by atoms with E-state index in [-0.39, 0.29) is 0 Å². The molecule has 0 aliphatic carbocycles. The van der Waals surface area contributed by atoms with E-state index in [1.54, 1.807) is 0 Å². The first kappa shape index (κ1) is 16.9. The Morgan fingerprint density at radius 3 is 2.65 bits per heavy atom. The van der Waals surface area contributed by atoms with Crippen LogP contribution in [0.3, 0.4) is 0 Å². The molecular formula is C22H24N4. The van der Waals surface area contributed by atoms with E-state index in [1.807, 2.05) is 30.6 Å². The zero-order chi connectivity index (χ0) is 17.8. The number of benzene rings is 1. The standard InChI is InChI=1S/C22H24N4/c1-2-6-22-24-14-19-16-26(12-11-21(19)25-22)15-17-9-10-20(23-13-17)18-7-4-3-5-8-18/h3-5,7-10,13-14H,2,6,11-12,15-16H2,1H3. The van der Waals surface area contributed by atoms with E-state index in [0.29, 0.717) is 0 Å². The minimum Gasteiger partial charge on any atom is -0.294 e. The summed E-state index contributed by atoms with van der Waals surface area (Å²) in [5.74, 6) is 0.986. The van der Waals surface area contributed by atoms with Crippen molar-refractivity contribution in [3.05, 3.63) is 77.5 Å². The summed E-state index contributed by atoms with van der Waals surface area (Å²) < 4.78 is 0. The molecule has 4 nitrogen and oxygen atoms in total. The molecule has 0 amide bonds. The number of hydrogen-bond acceptors (Lipinski definition) is 4. The SMILES string of the molecule is CCCc1ncc2c(n1)CCN(Cc1ccc(-c3ccccc3)nc1)C2. The third-order valence-corrected chi connectivity index (χ3v) is 4.84. The van der Waals surface area contributed by atoms with Crippen molar-refractivity contribution in [2.75, 3.05) is 6.54 Å². The lowest BCUT2D eigenvalue weighted by molar-refractivity contribution is 0.242. The Labute approximate surface area is 155 Å². The fraction of sp³-hybridized carbons (Fsp3) is 0.318. The maximum atomic E-state index is 4.74. The van der Waals surface area contributed by atoms with Crippen LogP contribution in [-0.2, 0) is 25.9 Å². The number of aromatic nitrogens is 3. The van der Waals surface area contributed by atoms with E-state index in [0.717, 1.165) is 56.0 Å². The molecule has 1 aliphatic heterocycles. The number of nitrogens with zero attached hydrogens (tertiary/aromatic N) is 4. The summed E-state index contributed by atoms with van der Waals surface area (Å²) in [6.45, 7) is 5.04. The minimum atomic E-state index is 0.915. The summed E-state index contributed by atoms with van der Waals surface area (Å²) in [7, 11) is 0. The average Bonchev–Trinajstić information content (AvgIpc) is 2.70. The first-order chi connectivity index (χ1) is 12.8. The van der Waals surface area contributed by atoms with Gasteiger partial charge in [-0.05, 0) is 18.1 Å². The summed E-state index contributed by atoms with van der Waals surface area (Å²) in [5, 5.41) is 0. The van der Waals surface area contributed by atoms with Crippen molar-refractivity contribution in [1.29, 1.82) is 0 Å². The van der Waals surface area contributed by atoms with Crippen molar-refractivity contribution in [2.45, 2.75) is 39.3 Å². The molecule has 0 saturated heterocycles. The van der Waals surface area contributed by atoms with Crippen LogP contribution in [0.4, 0.5) is 0 Å². The predicted molar refractivity (Wildman–Crippen MR) is 104 cm³/mol. The van der Waals surface area contributed by atoms with Crippen molar-refractivity contribution in [3.8, 4) is 11.3 Å². The molecule has 0 saturated carbocycles. The second kappa shape index (κ2) is 7.75. The van der Waals surface area contributed by atoms with Gasteiger partial charge < -0.3 is 0 Å². The minimum absolute atomic E-state index is 0.915. The van der Waals surface area contributed by atoms with Gasteiger partial charge >= 0.3 is 0 Å². The molecule has 26 heavy (non-hydrogen) atoms. The Bertz CT molecular complexity index is 859. The quantitative estimate of drug-likeness (QED) is 0.700. The summed E-state index contributed by atoms with van der Waals surface area (Å²) >= 11 is 0. The van der Waals surface area contributed by atoms with Gasteiger partial charge in [-0.1, -0.05) is 43.3 Å². The lowest BCUT2D eigenvalue weighted by Gasteiger charge is -2.28. The molecule has 1 aromatic carbocycles. The smallest absolute Gasteiger partial charge is 0.128 e. The first-order valence-corrected chi connectivity index (χ1v) is 9.38. The highest BCUT2D eigenvalue weighted by Gasteiger charge is 2.18. The van der Waals surface area contributed by atoms with Crippen LogP contribution in [0.1, 0.15) is 36.0 Å². The third kappa shape index (κ3) is 3.81. The van der Waals surface area contributed by atoms with Gasteiger partial charge in [0.2, 0.25) is 0 Å².